The Morgan fingerprint density at radius 1 is 1.03 bits per heavy atom. The van der Waals surface area contributed by atoms with Gasteiger partial charge in [-0.15, -0.1) is 0 Å². The van der Waals surface area contributed by atoms with E-state index in [0.717, 1.165) is 52.0 Å². The van der Waals surface area contributed by atoms with Gasteiger partial charge >= 0.3 is 5.63 Å². The Labute approximate surface area is 176 Å². The van der Waals surface area contributed by atoms with E-state index in [1.165, 1.54) is 0 Å². The van der Waals surface area contributed by atoms with Crippen LogP contribution in [0.2, 0.25) is 0 Å². The normalized spacial score (nSPS) is 24.5. The Balaban J connectivity index is 1.95. The molecule has 3 heterocycles. The van der Waals surface area contributed by atoms with E-state index >= 15 is 0 Å². The number of ether oxygens (including phenoxy) is 2. The molecule has 0 radical (unpaired) electrons. The average Bonchev–Trinajstić information content (AvgIpc) is 2.71. The minimum Gasteiger partial charge on any atom is -0.490 e. The van der Waals surface area contributed by atoms with Crippen LogP contribution in [0.3, 0.4) is 0 Å². The molecule has 0 unspecified atom stereocenters. The van der Waals surface area contributed by atoms with Crippen molar-refractivity contribution in [3.05, 3.63) is 57.9 Å². The second-order valence-corrected chi connectivity index (χ2v) is 9.43. The van der Waals surface area contributed by atoms with E-state index in [2.05, 4.69) is 34.6 Å². The number of hydrogen-bond donors (Lipinski definition) is 0. The van der Waals surface area contributed by atoms with Gasteiger partial charge in [-0.25, -0.2) is 4.79 Å². The van der Waals surface area contributed by atoms with Crippen molar-refractivity contribution in [1.82, 2.24) is 0 Å². The second-order valence-electron chi connectivity index (χ2n) is 9.43. The van der Waals surface area contributed by atoms with Crippen LogP contribution >= 0.6 is 0 Å². The van der Waals surface area contributed by atoms with Crippen molar-refractivity contribution >= 4 is 11.0 Å². The van der Waals surface area contributed by atoms with Crippen LogP contribution < -0.4 is 15.1 Å². The number of benzene rings is 2. The van der Waals surface area contributed by atoms with Gasteiger partial charge in [0.2, 0.25) is 0 Å². The first kappa shape index (κ1) is 19.2. The zero-order valence-electron chi connectivity index (χ0n) is 18.2. The van der Waals surface area contributed by atoms with Crippen LogP contribution in [-0.4, -0.2) is 11.7 Å². The minimum absolute atomic E-state index is 0.0908. The standard InChI is InChI=1S/C26H28O4/c1-14-15(2)21-23(28-16(14)3)18-11-12-26(4,5)30-24(18)22-19(13-20(27)29-25(21)22)17-9-7-6-8-10-17/h6-10,13-16H,11-12H2,1-5H3/t14-,15+,16+/m1/s1. The Morgan fingerprint density at radius 2 is 1.77 bits per heavy atom. The molecule has 0 saturated heterocycles. The summed E-state index contributed by atoms with van der Waals surface area (Å²) in [5.74, 6) is 2.18. The van der Waals surface area contributed by atoms with Gasteiger partial charge in [0.05, 0.1) is 11.5 Å². The predicted molar refractivity (Wildman–Crippen MR) is 119 cm³/mol. The van der Waals surface area contributed by atoms with Crippen molar-refractivity contribution in [2.75, 3.05) is 0 Å². The average molecular weight is 405 g/mol. The second kappa shape index (κ2) is 6.63. The molecule has 0 N–H and O–H groups in total. The molecule has 3 aromatic rings. The summed E-state index contributed by atoms with van der Waals surface area (Å²) in [5.41, 5.74) is 3.92. The predicted octanol–water partition coefficient (Wildman–Crippen LogP) is 6.08. The third-order valence-electron chi connectivity index (χ3n) is 6.95. The molecule has 2 aromatic carbocycles. The van der Waals surface area contributed by atoms with Gasteiger partial charge in [0.15, 0.2) is 0 Å². The molecule has 0 bridgehead atoms. The Morgan fingerprint density at radius 3 is 2.50 bits per heavy atom. The molecule has 4 nitrogen and oxygen atoms in total. The molecule has 0 amide bonds. The molecule has 4 heteroatoms. The maximum atomic E-state index is 12.7. The lowest BCUT2D eigenvalue weighted by Gasteiger charge is -2.40. The topological polar surface area (TPSA) is 48.7 Å². The highest BCUT2D eigenvalue weighted by Crippen LogP contribution is 2.54. The van der Waals surface area contributed by atoms with E-state index in [-0.39, 0.29) is 23.2 Å². The third-order valence-corrected chi connectivity index (χ3v) is 6.95. The fraction of sp³-hybridized carbons (Fsp3) is 0.423. The van der Waals surface area contributed by atoms with E-state index in [4.69, 9.17) is 13.9 Å². The molecular formula is C26H28O4. The van der Waals surface area contributed by atoms with Crippen molar-refractivity contribution in [2.45, 2.75) is 65.1 Å². The van der Waals surface area contributed by atoms with Crippen molar-refractivity contribution in [3.63, 3.8) is 0 Å². The van der Waals surface area contributed by atoms with Crippen molar-refractivity contribution < 1.29 is 13.9 Å². The first-order chi connectivity index (χ1) is 14.3. The fourth-order valence-corrected chi connectivity index (χ4v) is 4.88. The molecule has 30 heavy (non-hydrogen) atoms. The van der Waals surface area contributed by atoms with Gasteiger partial charge in [-0.05, 0) is 51.0 Å². The molecule has 1 aromatic heterocycles. The molecule has 2 aliphatic heterocycles. The highest BCUT2D eigenvalue weighted by atomic mass is 16.5. The molecule has 0 spiro atoms. The highest BCUT2D eigenvalue weighted by Gasteiger charge is 2.40. The number of rotatable bonds is 1. The van der Waals surface area contributed by atoms with E-state index in [9.17, 15) is 4.79 Å². The maximum absolute atomic E-state index is 12.7. The first-order valence-corrected chi connectivity index (χ1v) is 10.8. The molecule has 2 aliphatic rings. The molecule has 0 aliphatic carbocycles. The molecule has 5 rings (SSSR count). The summed E-state index contributed by atoms with van der Waals surface area (Å²) in [6.45, 7) is 10.7. The summed E-state index contributed by atoms with van der Waals surface area (Å²) in [4.78, 5) is 12.7. The van der Waals surface area contributed by atoms with Crippen molar-refractivity contribution in [1.29, 1.82) is 0 Å². The van der Waals surface area contributed by atoms with Gasteiger partial charge in [-0.3, -0.25) is 0 Å². The maximum Gasteiger partial charge on any atom is 0.336 e. The Kier molecular flexibility index (Phi) is 4.25. The summed E-state index contributed by atoms with van der Waals surface area (Å²) in [6, 6.07) is 11.6. The lowest BCUT2D eigenvalue weighted by molar-refractivity contribution is 0.0795. The van der Waals surface area contributed by atoms with Crippen molar-refractivity contribution in [2.24, 2.45) is 5.92 Å². The number of hydrogen-bond acceptors (Lipinski definition) is 4. The largest absolute Gasteiger partial charge is 0.490 e. The number of fused-ring (bicyclic) bond motifs is 6. The van der Waals surface area contributed by atoms with Gasteiger partial charge < -0.3 is 13.9 Å². The van der Waals surface area contributed by atoms with E-state index in [1.807, 2.05) is 30.3 Å². The van der Waals surface area contributed by atoms with Gasteiger partial charge in [0, 0.05) is 22.8 Å². The third kappa shape index (κ3) is 2.84. The molecule has 0 saturated carbocycles. The van der Waals surface area contributed by atoms with Crippen molar-refractivity contribution in [3.8, 4) is 22.6 Å². The summed E-state index contributed by atoms with van der Waals surface area (Å²) in [6.07, 6.45) is 1.88. The van der Waals surface area contributed by atoms with Crippen LogP contribution in [0.5, 0.6) is 11.5 Å². The van der Waals surface area contributed by atoms with Gasteiger partial charge in [0.25, 0.3) is 0 Å². The van der Waals surface area contributed by atoms with Crippen LogP contribution in [0, 0.1) is 5.92 Å². The summed E-state index contributed by atoms with van der Waals surface area (Å²) in [7, 11) is 0. The van der Waals surface area contributed by atoms with Crippen LogP contribution in [0.25, 0.3) is 22.1 Å². The molecule has 3 atom stereocenters. The molecule has 156 valence electrons. The van der Waals surface area contributed by atoms with Gasteiger partial charge in [-0.2, -0.15) is 0 Å². The van der Waals surface area contributed by atoms with Crippen LogP contribution in [0.1, 0.15) is 58.1 Å². The Hall–Kier alpha value is -2.75. The highest BCUT2D eigenvalue weighted by molar-refractivity contribution is 6.02. The smallest absolute Gasteiger partial charge is 0.336 e. The zero-order valence-corrected chi connectivity index (χ0v) is 18.2. The monoisotopic (exact) mass is 404 g/mol. The van der Waals surface area contributed by atoms with E-state index in [1.54, 1.807) is 6.07 Å². The van der Waals surface area contributed by atoms with Crippen LogP contribution in [-0.2, 0) is 6.42 Å². The van der Waals surface area contributed by atoms with Gasteiger partial charge in [-0.1, -0.05) is 44.2 Å². The SMILES string of the molecule is C[C@H]1[C@H](C)Oc2c3c(c4c(-c5ccccc5)cc(=O)oc4c2[C@H]1C)OC(C)(C)CC3. The quantitative estimate of drug-likeness (QED) is 0.461. The van der Waals surface area contributed by atoms with Crippen LogP contribution in [0.4, 0.5) is 0 Å². The lowest BCUT2D eigenvalue weighted by Crippen LogP contribution is -2.36. The van der Waals surface area contributed by atoms with E-state index < -0.39 is 0 Å². The zero-order chi connectivity index (χ0) is 21.2. The fourth-order valence-electron chi connectivity index (χ4n) is 4.88. The van der Waals surface area contributed by atoms with Crippen LogP contribution in [0.15, 0.2) is 45.6 Å². The summed E-state index contributed by atoms with van der Waals surface area (Å²) in [5, 5.41) is 0.888. The van der Waals surface area contributed by atoms with Gasteiger partial charge in [0.1, 0.15) is 22.7 Å². The lowest BCUT2D eigenvalue weighted by atomic mass is 9.78. The summed E-state index contributed by atoms with van der Waals surface area (Å²) >= 11 is 0. The first-order valence-electron chi connectivity index (χ1n) is 10.8. The molecular weight excluding hydrogens is 376 g/mol. The Bertz CT molecular complexity index is 1190. The summed E-state index contributed by atoms with van der Waals surface area (Å²) < 4.78 is 18.9. The molecule has 0 fully saturated rings. The minimum atomic E-state index is -0.350. The van der Waals surface area contributed by atoms with E-state index in [0.29, 0.717) is 11.5 Å².